The molecule has 162 valence electrons. The first-order valence-electron chi connectivity index (χ1n) is 11.4. The zero-order chi connectivity index (χ0) is 23.7. The van der Waals surface area contributed by atoms with Crippen molar-refractivity contribution in [2.75, 3.05) is 0 Å². The van der Waals surface area contributed by atoms with Crippen LogP contribution in [0.1, 0.15) is 64.5 Å². The Labute approximate surface area is 201 Å². The van der Waals surface area contributed by atoms with Gasteiger partial charge in [-0.25, -0.2) is 0 Å². The van der Waals surface area contributed by atoms with Crippen LogP contribution >= 0.6 is 0 Å². The lowest BCUT2D eigenvalue weighted by atomic mass is 9.87. The molecule has 1 nitrogen and oxygen atoms in total. The Morgan fingerprint density at radius 1 is 0.500 bits per heavy atom. The van der Waals surface area contributed by atoms with Gasteiger partial charge in [0, 0.05) is 33.4 Å². The van der Waals surface area contributed by atoms with Crippen molar-refractivity contribution < 1.29 is 4.79 Å². The van der Waals surface area contributed by atoms with Crippen molar-refractivity contribution in [3.8, 4) is 34.8 Å². The molecule has 0 aromatic heterocycles. The van der Waals surface area contributed by atoms with Crippen molar-refractivity contribution in [2.24, 2.45) is 0 Å². The van der Waals surface area contributed by atoms with E-state index in [0.29, 0.717) is 0 Å². The van der Waals surface area contributed by atoms with Gasteiger partial charge in [0.15, 0.2) is 5.78 Å². The first-order chi connectivity index (χ1) is 16.4. The molecule has 0 spiro atoms. The lowest BCUT2D eigenvalue weighted by Crippen LogP contribution is -2.10. The van der Waals surface area contributed by atoms with Crippen LogP contribution in [0.15, 0.2) is 91.0 Å². The van der Waals surface area contributed by atoms with Crippen LogP contribution < -0.4 is 0 Å². The van der Waals surface area contributed by atoms with Crippen molar-refractivity contribution in [2.45, 2.75) is 26.2 Å². The lowest BCUT2D eigenvalue weighted by molar-refractivity contribution is 0.104. The third-order valence-electron chi connectivity index (χ3n) is 6.06. The third-order valence-corrected chi connectivity index (χ3v) is 6.06. The second kappa shape index (κ2) is 8.55. The summed E-state index contributed by atoms with van der Waals surface area (Å²) in [5, 5.41) is 0. The van der Waals surface area contributed by atoms with Crippen molar-refractivity contribution >= 4 is 5.78 Å². The zero-order valence-corrected chi connectivity index (χ0v) is 19.6. The first kappa shape index (κ1) is 21.5. The zero-order valence-electron chi connectivity index (χ0n) is 19.6. The highest BCUT2D eigenvalue weighted by atomic mass is 16.1. The highest BCUT2D eigenvalue weighted by Gasteiger charge is 2.25. The fourth-order valence-electron chi connectivity index (χ4n) is 4.08. The Balaban J connectivity index is 1.31. The van der Waals surface area contributed by atoms with E-state index in [0.717, 1.165) is 44.5 Å². The molecule has 0 heterocycles. The second-order valence-electron chi connectivity index (χ2n) is 9.54. The van der Waals surface area contributed by atoms with E-state index in [1.807, 2.05) is 66.7 Å². The fraction of sp³-hybridized carbons (Fsp3) is 0.121. The molecule has 4 aromatic rings. The maximum atomic E-state index is 12.7. The number of fused-ring (bicyclic) bond motifs is 3. The van der Waals surface area contributed by atoms with Crippen molar-refractivity contribution in [1.82, 2.24) is 0 Å². The SMILES string of the molecule is CC(C)(C)c1ccc(C#Cc2ccc(C#Cc3ccc4c(c3)C(=O)c3ccccc3-4)cc2)cc1. The molecular weight excluding hydrogens is 412 g/mol. The summed E-state index contributed by atoms with van der Waals surface area (Å²) in [7, 11) is 0. The van der Waals surface area contributed by atoms with Gasteiger partial charge in [0.05, 0.1) is 0 Å². The Kier molecular flexibility index (Phi) is 5.41. The summed E-state index contributed by atoms with van der Waals surface area (Å²) in [5.41, 5.74) is 8.64. The predicted molar refractivity (Wildman–Crippen MR) is 139 cm³/mol. The number of benzene rings is 4. The standard InChI is InChI=1S/C33H24O/c1-33(2,3)27-19-16-25(17-20-27)13-12-23-8-10-24(11-9-23)14-15-26-18-21-29-28-6-4-5-7-30(28)32(34)31(29)22-26/h4-11,16-22H,1-3H3. The van der Waals surface area contributed by atoms with Gasteiger partial charge in [0.1, 0.15) is 0 Å². The molecule has 0 radical (unpaired) electrons. The quantitative estimate of drug-likeness (QED) is 0.239. The van der Waals surface area contributed by atoms with Crippen molar-refractivity contribution in [1.29, 1.82) is 0 Å². The molecule has 1 aliphatic rings. The number of carbonyl (C=O) groups is 1. The molecule has 0 fully saturated rings. The van der Waals surface area contributed by atoms with Crippen molar-refractivity contribution in [3.05, 3.63) is 130 Å². The van der Waals surface area contributed by atoms with Gasteiger partial charge in [-0.05, 0) is 70.6 Å². The number of hydrogen-bond acceptors (Lipinski definition) is 1. The normalized spacial score (nSPS) is 11.6. The molecule has 0 atom stereocenters. The van der Waals surface area contributed by atoms with Crippen LogP contribution in [-0.4, -0.2) is 5.78 Å². The molecule has 4 aromatic carbocycles. The van der Waals surface area contributed by atoms with Gasteiger partial charge in [-0.1, -0.05) is 86.9 Å². The molecular formula is C33H24O. The molecule has 5 rings (SSSR count). The van der Waals surface area contributed by atoms with E-state index < -0.39 is 0 Å². The van der Waals surface area contributed by atoms with Crippen LogP contribution in [-0.2, 0) is 5.41 Å². The number of rotatable bonds is 0. The molecule has 0 unspecified atom stereocenters. The van der Waals surface area contributed by atoms with E-state index >= 15 is 0 Å². The first-order valence-corrected chi connectivity index (χ1v) is 11.4. The smallest absolute Gasteiger partial charge is 0.194 e. The van der Waals surface area contributed by atoms with Gasteiger partial charge in [-0.3, -0.25) is 4.79 Å². The summed E-state index contributed by atoms with van der Waals surface area (Å²) in [5.74, 6) is 12.9. The summed E-state index contributed by atoms with van der Waals surface area (Å²) in [6.45, 7) is 6.63. The summed E-state index contributed by atoms with van der Waals surface area (Å²) in [4.78, 5) is 12.7. The molecule has 1 heteroatoms. The Bertz CT molecular complexity index is 1520. The minimum Gasteiger partial charge on any atom is -0.289 e. The van der Waals surface area contributed by atoms with E-state index in [-0.39, 0.29) is 11.2 Å². The lowest BCUT2D eigenvalue weighted by Gasteiger charge is -2.18. The molecule has 0 saturated heterocycles. The van der Waals surface area contributed by atoms with Crippen molar-refractivity contribution in [3.63, 3.8) is 0 Å². The van der Waals surface area contributed by atoms with Crippen LogP contribution in [0.4, 0.5) is 0 Å². The summed E-state index contributed by atoms with van der Waals surface area (Å²) < 4.78 is 0. The molecule has 0 amide bonds. The van der Waals surface area contributed by atoms with Crippen LogP contribution in [0, 0.1) is 23.7 Å². The minimum absolute atomic E-state index is 0.0743. The fourth-order valence-corrected chi connectivity index (χ4v) is 4.08. The Hall–Kier alpha value is -4.33. The van der Waals surface area contributed by atoms with Crippen LogP contribution in [0.25, 0.3) is 11.1 Å². The monoisotopic (exact) mass is 436 g/mol. The maximum absolute atomic E-state index is 12.7. The second-order valence-corrected chi connectivity index (χ2v) is 9.54. The van der Waals surface area contributed by atoms with E-state index in [9.17, 15) is 4.79 Å². The topological polar surface area (TPSA) is 17.1 Å². The molecule has 34 heavy (non-hydrogen) atoms. The molecule has 1 aliphatic carbocycles. The predicted octanol–water partition coefficient (Wildman–Crippen LogP) is 7.00. The van der Waals surface area contributed by atoms with Gasteiger partial charge in [-0.2, -0.15) is 0 Å². The summed E-state index contributed by atoms with van der Waals surface area (Å²) in [6.07, 6.45) is 0. The number of ketones is 1. The Morgan fingerprint density at radius 2 is 0.941 bits per heavy atom. The van der Waals surface area contributed by atoms with E-state index in [1.165, 1.54) is 5.56 Å². The van der Waals surface area contributed by atoms with E-state index in [4.69, 9.17) is 0 Å². The van der Waals surface area contributed by atoms with Gasteiger partial charge in [0.2, 0.25) is 0 Å². The highest BCUT2D eigenvalue weighted by Crippen LogP contribution is 2.36. The average molecular weight is 437 g/mol. The minimum atomic E-state index is 0.0743. The van der Waals surface area contributed by atoms with E-state index in [1.54, 1.807) is 0 Å². The van der Waals surface area contributed by atoms with Gasteiger partial charge in [-0.15, -0.1) is 0 Å². The van der Waals surface area contributed by atoms with Gasteiger partial charge >= 0.3 is 0 Å². The molecule has 0 aliphatic heterocycles. The largest absolute Gasteiger partial charge is 0.289 e. The van der Waals surface area contributed by atoms with Crippen LogP contribution in [0.5, 0.6) is 0 Å². The Morgan fingerprint density at radius 3 is 1.50 bits per heavy atom. The maximum Gasteiger partial charge on any atom is 0.194 e. The summed E-state index contributed by atoms with van der Waals surface area (Å²) >= 11 is 0. The molecule has 0 N–H and O–H groups in total. The van der Waals surface area contributed by atoms with Gasteiger partial charge < -0.3 is 0 Å². The van der Waals surface area contributed by atoms with Crippen LogP contribution in [0.3, 0.4) is 0 Å². The number of carbonyl (C=O) groups excluding carboxylic acids is 1. The number of hydrogen-bond donors (Lipinski definition) is 0. The van der Waals surface area contributed by atoms with Crippen LogP contribution in [0.2, 0.25) is 0 Å². The molecule has 0 bridgehead atoms. The van der Waals surface area contributed by atoms with Gasteiger partial charge in [0.25, 0.3) is 0 Å². The third kappa shape index (κ3) is 4.30. The summed E-state index contributed by atoms with van der Waals surface area (Å²) in [6, 6.07) is 30.0. The van der Waals surface area contributed by atoms with E-state index in [2.05, 4.69) is 68.7 Å². The molecule has 0 saturated carbocycles. The average Bonchev–Trinajstić information content (AvgIpc) is 3.13. The highest BCUT2D eigenvalue weighted by molar-refractivity contribution is 6.21.